The van der Waals surface area contributed by atoms with Crippen molar-refractivity contribution in [2.75, 3.05) is 14.1 Å². The van der Waals surface area contributed by atoms with Crippen LogP contribution in [0.2, 0.25) is 0 Å². The maximum Gasteiger partial charge on any atom is 0.325 e. The first-order valence-corrected chi connectivity index (χ1v) is 8.62. The van der Waals surface area contributed by atoms with Crippen molar-refractivity contribution >= 4 is 11.7 Å². The number of carboxylic acids is 1. The fourth-order valence-electron chi connectivity index (χ4n) is 2.74. The minimum Gasteiger partial charge on any atom is -0.484 e. The summed E-state index contributed by atoms with van der Waals surface area (Å²) in [6.07, 6.45) is 5.15. The molecule has 0 fully saturated rings. The molecule has 0 heterocycles. The Balaban J connectivity index is 2.94. The zero-order chi connectivity index (χ0) is 19.0. The first-order chi connectivity index (χ1) is 11.8. The van der Waals surface area contributed by atoms with Gasteiger partial charge < -0.3 is 9.84 Å². The van der Waals surface area contributed by atoms with Crippen LogP contribution in [0.5, 0.6) is 5.75 Å². The first kappa shape index (κ1) is 20.9. The van der Waals surface area contributed by atoms with Gasteiger partial charge >= 0.3 is 11.7 Å². The number of carboxylic acid groups (broad SMARTS) is 1. The highest BCUT2D eigenvalue weighted by Gasteiger charge is 2.26. The van der Waals surface area contributed by atoms with E-state index in [0.29, 0.717) is 5.56 Å². The fraction of sp³-hybridized carbons (Fsp3) is 0.611. The molecule has 1 aromatic carbocycles. The smallest absolute Gasteiger partial charge is 0.325 e. The van der Waals surface area contributed by atoms with Crippen molar-refractivity contribution in [3.63, 3.8) is 0 Å². The van der Waals surface area contributed by atoms with Crippen molar-refractivity contribution in [3.05, 3.63) is 33.9 Å². The molecule has 0 saturated heterocycles. The second-order valence-corrected chi connectivity index (χ2v) is 6.47. The Bertz CT molecular complexity index is 589. The summed E-state index contributed by atoms with van der Waals surface area (Å²) < 4.78 is 5.74. The summed E-state index contributed by atoms with van der Waals surface area (Å²) in [7, 11) is 3.24. The van der Waals surface area contributed by atoms with E-state index in [1.807, 2.05) is 6.92 Å². The van der Waals surface area contributed by atoms with Crippen LogP contribution in [-0.4, -0.2) is 41.1 Å². The normalized spacial score (nSPS) is 13.5. The van der Waals surface area contributed by atoms with Gasteiger partial charge in [0, 0.05) is 6.07 Å². The highest BCUT2D eigenvalue weighted by atomic mass is 16.6. The van der Waals surface area contributed by atoms with Gasteiger partial charge in [-0.3, -0.25) is 19.8 Å². The van der Waals surface area contributed by atoms with Gasteiger partial charge in [-0.15, -0.1) is 0 Å². The lowest BCUT2D eigenvalue weighted by molar-refractivity contribution is -0.386. The molecule has 0 aliphatic carbocycles. The van der Waals surface area contributed by atoms with Gasteiger partial charge in [0.25, 0.3) is 0 Å². The number of nitro benzene ring substituents is 1. The SMILES string of the molecule is CCCCCCC(C)Oc1ccc(C(C(=O)O)N(C)C)cc1[N+](=O)[O-]. The Morgan fingerprint density at radius 1 is 1.32 bits per heavy atom. The number of ether oxygens (including phenoxy) is 1. The average Bonchev–Trinajstić information content (AvgIpc) is 2.52. The Morgan fingerprint density at radius 3 is 2.52 bits per heavy atom. The van der Waals surface area contributed by atoms with Crippen LogP contribution in [0, 0.1) is 10.1 Å². The Morgan fingerprint density at radius 2 is 2.00 bits per heavy atom. The molecule has 7 heteroatoms. The number of nitro groups is 1. The van der Waals surface area contributed by atoms with Crippen molar-refractivity contribution in [1.29, 1.82) is 0 Å². The summed E-state index contributed by atoms with van der Waals surface area (Å²) in [5, 5.41) is 20.7. The lowest BCUT2D eigenvalue weighted by Crippen LogP contribution is -2.27. The zero-order valence-electron chi connectivity index (χ0n) is 15.4. The van der Waals surface area contributed by atoms with E-state index in [2.05, 4.69) is 6.92 Å². The molecular weight excluding hydrogens is 324 g/mol. The number of unbranched alkanes of at least 4 members (excludes halogenated alkanes) is 3. The Labute approximate surface area is 148 Å². The minimum absolute atomic E-state index is 0.134. The molecular formula is C18H28N2O5. The summed E-state index contributed by atoms with van der Waals surface area (Å²) in [4.78, 5) is 23.8. The van der Waals surface area contributed by atoms with Crippen LogP contribution in [-0.2, 0) is 4.79 Å². The van der Waals surface area contributed by atoms with Crippen LogP contribution in [0.3, 0.4) is 0 Å². The second kappa shape index (κ2) is 9.98. The number of hydrogen-bond acceptors (Lipinski definition) is 5. The van der Waals surface area contributed by atoms with Crippen LogP contribution >= 0.6 is 0 Å². The summed E-state index contributed by atoms with van der Waals surface area (Å²) in [6.45, 7) is 4.03. The van der Waals surface area contributed by atoms with E-state index in [1.54, 1.807) is 20.2 Å². The molecule has 7 nitrogen and oxygen atoms in total. The quantitative estimate of drug-likeness (QED) is 0.367. The largest absolute Gasteiger partial charge is 0.484 e. The predicted octanol–water partition coefficient (Wildman–Crippen LogP) is 4.02. The predicted molar refractivity (Wildman–Crippen MR) is 96.0 cm³/mol. The van der Waals surface area contributed by atoms with Gasteiger partial charge in [-0.05, 0) is 45.5 Å². The molecule has 2 atom stereocenters. The number of likely N-dealkylation sites (N-methyl/N-ethyl adjacent to an activating group) is 1. The zero-order valence-corrected chi connectivity index (χ0v) is 15.4. The molecule has 0 spiro atoms. The molecule has 0 bridgehead atoms. The molecule has 0 aromatic heterocycles. The summed E-state index contributed by atoms with van der Waals surface area (Å²) >= 11 is 0. The molecule has 2 unspecified atom stereocenters. The summed E-state index contributed by atoms with van der Waals surface area (Å²) in [5.41, 5.74) is 0.151. The van der Waals surface area contributed by atoms with Crippen molar-refractivity contribution < 1.29 is 19.6 Å². The van der Waals surface area contributed by atoms with E-state index in [9.17, 15) is 20.0 Å². The van der Waals surface area contributed by atoms with Gasteiger partial charge in [-0.1, -0.05) is 32.3 Å². The summed E-state index contributed by atoms with van der Waals surface area (Å²) in [6, 6.07) is 3.41. The van der Waals surface area contributed by atoms with Crippen molar-refractivity contribution in [1.82, 2.24) is 4.90 Å². The number of aliphatic carboxylic acids is 1. The Kier molecular flexibility index (Phi) is 8.34. The van der Waals surface area contributed by atoms with Gasteiger partial charge in [0.05, 0.1) is 11.0 Å². The van der Waals surface area contributed by atoms with Crippen LogP contribution in [0.25, 0.3) is 0 Å². The third kappa shape index (κ3) is 6.34. The second-order valence-electron chi connectivity index (χ2n) is 6.47. The molecule has 0 aliphatic rings. The molecule has 1 N–H and O–H groups in total. The number of nitrogens with zero attached hydrogens (tertiary/aromatic N) is 2. The van der Waals surface area contributed by atoms with Crippen LogP contribution in [0.4, 0.5) is 5.69 Å². The monoisotopic (exact) mass is 352 g/mol. The van der Waals surface area contributed by atoms with Crippen LogP contribution in [0.15, 0.2) is 18.2 Å². The standard InChI is InChI=1S/C18H28N2O5/c1-5-6-7-8-9-13(2)25-16-11-10-14(12-15(16)20(23)24)17(18(21)22)19(3)4/h10-13,17H,5-9H2,1-4H3,(H,21,22). The van der Waals surface area contributed by atoms with Gasteiger partial charge in [0.15, 0.2) is 5.75 Å². The molecule has 1 aromatic rings. The average molecular weight is 352 g/mol. The maximum atomic E-state index is 11.4. The van der Waals surface area contributed by atoms with Crippen molar-refractivity contribution in [2.24, 2.45) is 0 Å². The van der Waals surface area contributed by atoms with Crippen molar-refractivity contribution in [2.45, 2.75) is 58.1 Å². The molecule has 0 radical (unpaired) electrons. The molecule has 140 valence electrons. The molecule has 0 aliphatic heterocycles. The van der Waals surface area contributed by atoms with E-state index in [0.717, 1.165) is 25.7 Å². The van der Waals surface area contributed by atoms with Crippen molar-refractivity contribution in [3.8, 4) is 5.75 Å². The van der Waals surface area contributed by atoms with E-state index < -0.39 is 16.9 Å². The lowest BCUT2D eigenvalue weighted by Gasteiger charge is -2.21. The highest BCUT2D eigenvalue weighted by Crippen LogP contribution is 2.32. The van der Waals surface area contributed by atoms with Gasteiger partial charge in [0.2, 0.25) is 0 Å². The van der Waals surface area contributed by atoms with Crippen LogP contribution < -0.4 is 4.74 Å². The topological polar surface area (TPSA) is 92.9 Å². The van der Waals surface area contributed by atoms with Gasteiger partial charge in [-0.25, -0.2) is 0 Å². The molecule has 1 rings (SSSR count). The number of hydrogen-bond donors (Lipinski definition) is 1. The maximum absolute atomic E-state index is 11.4. The third-order valence-corrected chi connectivity index (χ3v) is 4.04. The Hall–Kier alpha value is -2.15. The number of benzene rings is 1. The van der Waals surface area contributed by atoms with Gasteiger partial charge in [-0.2, -0.15) is 0 Å². The van der Waals surface area contributed by atoms with E-state index in [-0.39, 0.29) is 17.5 Å². The molecule has 0 amide bonds. The lowest BCUT2D eigenvalue weighted by atomic mass is 10.0. The number of carbonyl (C=O) groups is 1. The van der Waals surface area contributed by atoms with E-state index in [1.165, 1.54) is 23.5 Å². The molecule has 25 heavy (non-hydrogen) atoms. The fourth-order valence-corrected chi connectivity index (χ4v) is 2.74. The minimum atomic E-state index is -1.06. The molecule has 0 saturated carbocycles. The third-order valence-electron chi connectivity index (χ3n) is 4.04. The van der Waals surface area contributed by atoms with Crippen LogP contribution in [0.1, 0.15) is 57.6 Å². The summed E-state index contributed by atoms with van der Waals surface area (Å²) in [5.74, 6) is -0.878. The van der Waals surface area contributed by atoms with E-state index >= 15 is 0 Å². The van der Waals surface area contributed by atoms with Gasteiger partial charge in [0.1, 0.15) is 6.04 Å². The first-order valence-electron chi connectivity index (χ1n) is 8.62. The highest BCUT2D eigenvalue weighted by molar-refractivity contribution is 5.76. The number of rotatable bonds is 11. The van der Waals surface area contributed by atoms with E-state index in [4.69, 9.17) is 4.74 Å².